The largest absolute Gasteiger partial charge is 0.324 e. The highest BCUT2D eigenvalue weighted by molar-refractivity contribution is 6.31. The first-order valence-corrected chi connectivity index (χ1v) is 8.64. The van der Waals surface area contributed by atoms with Gasteiger partial charge in [-0.3, -0.25) is 14.5 Å². The van der Waals surface area contributed by atoms with E-state index in [-0.39, 0.29) is 18.2 Å². The highest BCUT2D eigenvalue weighted by Crippen LogP contribution is 2.25. The van der Waals surface area contributed by atoms with Crippen molar-refractivity contribution < 1.29 is 9.59 Å². The van der Waals surface area contributed by atoms with Crippen molar-refractivity contribution in [2.75, 3.05) is 10.2 Å². The van der Waals surface area contributed by atoms with Crippen molar-refractivity contribution in [2.24, 2.45) is 0 Å². The number of nitrogens with one attached hydrogen (secondary N) is 1. The fourth-order valence-corrected chi connectivity index (χ4v) is 2.81. The van der Waals surface area contributed by atoms with Crippen LogP contribution in [-0.2, 0) is 16.0 Å². The molecule has 0 atom stereocenters. The van der Waals surface area contributed by atoms with E-state index < -0.39 is 0 Å². The van der Waals surface area contributed by atoms with Crippen LogP contribution in [0.4, 0.5) is 17.2 Å². The van der Waals surface area contributed by atoms with Gasteiger partial charge < -0.3 is 5.32 Å². The van der Waals surface area contributed by atoms with Crippen LogP contribution in [0.15, 0.2) is 66.9 Å². The maximum Gasteiger partial charge on any atom is 0.229 e. The second kappa shape index (κ2) is 8.42. The van der Waals surface area contributed by atoms with Gasteiger partial charge in [0.05, 0.1) is 24.0 Å². The molecule has 2 amide bonds. The van der Waals surface area contributed by atoms with Crippen molar-refractivity contribution in [1.82, 2.24) is 10.2 Å². The fourth-order valence-electron chi connectivity index (χ4n) is 2.61. The van der Waals surface area contributed by atoms with Crippen molar-refractivity contribution in [3.8, 4) is 0 Å². The molecule has 0 unspecified atom stereocenters. The van der Waals surface area contributed by atoms with Crippen LogP contribution in [0.5, 0.6) is 0 Å². The molecule has 1 heterocycles. The van der Waals surface area contributed by atoms with Crippen LogP contribution in [0.25, 0.3) is 0 Å². The summed E-state index contributed by atoms with van der Waals surface area (Å²) < 4.78 is 0. The van der Waals surface area contributed by atoms with E-state index in [1.54, 1.807) is 30.3 Å². The van der Waals surface area contributed by atoms with Crippen LogP contribution in [0.3, 0.4) is 0 Å². The van der Waals surface area contributed by atoms with Crippen molar-refractivity contribution in [2.45, 2.75) is 13.3 Å². The molecule has 7 heteroatoms. The van der Waals surface area contributed by atoms with Gasteiger partial charge >= 0.3 is 0 Å². The third-order valence-electron chi connectivity index (χ3n) is 3.79. The van der Waals surface area contributed by atoms with Gasteiger partial charge in [0, 0.05) is 18.0 Å². The second-order valence-electron chi connectivity index (χ2n) is 5.81. The highest BCUT2D eigenvalue weighted by atomic mass is 35.5. The van der Waals surface area contributed by atoms with Crippen LogP contribution in [0.1, 0.15) is 12.5 Å². The summed E-state index contributed by atoms with van der Waals surface area (Å²) in [6, 6.07) is 17.9. The molecule has 0 fully saturated rings. The number of amides is 2. The molecule has 2 aromatic carbocycles. The summed E-state index contributed by atoms with van der Waals surface area (Å²) in [6.07, 6.45) is 1.56. The summed E-state index contributed by atoms with van der Waals surface area (Å²) in [6.45, 7) is 1.44. The Morgan fingerprint density at radius 2 is 1.78 bits per heavy atom. The van der Waals surface area contributed by atoms with Crippen molar-refractivity contribution >= 4 is 40.6 Å². The van der Waals surface area contributed by atoms with Crippen LogP contribution >= 0.6 is 11.6 Å². The maximum absolute atomic E-state index is 12.3. The first-order valence-electron chi connectivity index (χ1n) is 8.26. The van der Waals surface area contributed by atoms with Crippen LogP contribution in [0, 0.1) is 0 Å². The number of carbonyl (C=O) groups excluding carboxylic acids is 2. The highest BCUT2D eigenvalue weighted by Gasteiger charge is 2.17. The van der Waals surface area contributed by atoms with Crippen molar-refractivity contribution in [1.29, 1.82) is 0 Å². The van der Waals surface area contributed by atoms with Gasteiger partial charge in [0.25, 0.3) is 0 Å². The minimum absolute atomic E-state index is 0.131. The molecule has 0 aliphatic heterocycles. The Bertz CT molecular complexity index is 963. The van der Waals surface area contributed by atoms with Gasteiger partial charge in [-0.25, -0.2) is 0 Å². The van der Waals surface area contributed by atoms with E-state index in [1.165, 1.54) is 18.0 Å². The van der Waals surface area contributed by atoms with E-state index in [9.17, 15) is 9.59 Å². The molecule has 0 radical (unpaired) electrons. The molecule has 6 nitrogen and oxygen atoms in total. The topological polar surface area (TPSA) is 75.2 Å². The fraction of sp³-hybridized carbons (Fsp3) is 0.100. The van der Waals surface area contributed by atoms with Gasteiger partial charge in [0.15, 0.2) is 5.82 Å². The number of hydrogen-bond acceptors (Lipinski definition) is 4. The Balaban J connectivity index is 1.79. The molecule has 0 aliphatic carbocycles. The molecule has 0 saturated heterocycles. The zero-order valence-corrected chi connectivity index (χ0v) is 15.3. The summed E-state index contributed by atoms with van der Waals surface area (Å²) in [7, 11) is 0. The quantitative estimate of drug-likeness (QED) is 0.726. The van der Waals surface area contributed by atoms with Gasteiger partial charge in [-0.15, -0.1) is 5.10 Å². The predicted molar refractivity (Wildman–Crippen MR) is 105 cm³/mol. The van der Waals surface area contributed by atoms with E-state index in [4.69, 9.17) is 11.6 Å². The number of nitrogens with zero attached hydrogens (tertiary/aromatic N) is 3. The van der Waals surface area contributed by atoms with Crippen LogP contribution in [-0.4, -0.2) is 22.0 Å². The number of benzene rings is 2. The Hall–Kier alpha value is -3.25. The standard InChI is InChI=1S/C20H17ClN4O2/c1-14(26)25(17-8-3-2-4-9-17)19-12-16(13-22-24-19)23-20(27)11-15-7-5-6-10-18(15)21/h2-10,12-13H,11H2,1H3,(H,23,24,27). The lowest BCUT2D eigenvalue weighted by Crippen LogP contribution is -2.24. The van der Waals surface area contributed by atoms with E-state index >= 15 is 0 Å². The number of para-hydroxylation sites is 1. The maximum atomic E-state index is 12.3. The lowest BCUT2D eigenvalue weighted by atomic mass is 10.1. The van der Waals surface area contributed by atoms with Crippen LogP contribution in [0.2, 0.25) is 5.02 Å². The number of halogens is 1. The smallest absolute Gasteiger partial charge is 0.229 e. The average molecular weight is 381 g/mol. The van der Waals surface area contributed by atoms with Crippen molar-refractivity contribution in [3.63, 3.8) is 0 Å². The Morgan fingerprint density at radius 1 is 1.07 bits per heavy atom. The lowest BCUT2D eigenvalue weighted by Gasteiger charge is -2.20. The molecular weight excluding hydrogens is 364 g/mol. The van der Waals surface area contributed by atoms with Crippen molar-refractivity contribution in [3.05, 3.63) is 77.4 Å². The molecule has 0 aliphatic rings. The molecule has 27 heavy (non-hydrogen) atoms. The second-order valence-corrected chi connectivity index (χ2v) is 6.22. The molecular formula is C20H17ClN4O2. The monoisotopic (exact) mass is 380 g/mol. The number of hydrogen-bond donors (Lipinski definition) is 1. The van der Waals surface area contributed by atoms with Crippen LogP contribution < -0.4 is 10.2 Å². The molecule has 0 bridgehead atoms. The summed E-state index contributed by atoms with van der Waals surface area (Å²) in [4.78, 5) is 25.9. The Morgan fingerprint density at radius 3 is 2.48 bits per heavy atom. The minimum atomic E-state index is -0.240. The summed E-state index contributed by atoms with van der Waals surface area (Å²) >= 11 is 6.09. The number of aromatic nitrogens is 2. The first kappa shape index (κ1) is 18.5. The van der Waals surface area contributed by atoms with Gasteiger partial charge in [-0.1, -0.05) is 48.0 Å². The zero-order chi connectivity index (χ0) is 19.2. The summed E-state index contributed by atoms with van der Waals surface area (Å²) in [5.74, 6) is -0.129. The molecule has 3 rings (SSSR count). The van der Waals surface area contributed by atoms with Gasteiger partial charge in [-0.05, 0) is 23.8 Å². The van der Waals surface area contributed by atoms with E-state index in [2.05, 4.69) is 15.5 Å². The molecule has 136 valence electrons. The first-order chi connectivity index (χ1) is 13.0. The number of carbonyl (C=O) groups is 2. The Kier molecular flexibility index (Phi) is 5.78. The molecule has 1 aromatic heterocycles. The molecule has 0 saturated carbocycles. The summed E-state index contributed by atoms with van der Waals surface area (Å²) in [5.41, 5.74) is 1.84. The van der Waals surface area contributed by atoms with E-state index in [0.29, 0.717) is 22.2 Å². The Labute approximate surface area is 161 Å². The zero-order valence-electron chi connectivity index (χ0n) is 14.6. The third-order valence-corrected chi connectivity index (χ3v) is 4.16. The predicted octanol–water partition coefficient (Wildman–Crippen LogP) is 4.00. The van der Waals surface area contributed by atoms with Gasteiger partial charge in [0.1, 0.15) is 0 Å². The SMILES string of the molecule is CC(=O)N(c1ccccc1)c1cc(NC(=O)Cc2ccccc2Cl)cnn1. The molecule has 1 N–H and O–H groups in total. The van der Waals surface area contributed by atoms with Gasteiger partial charge in [0.2, 0.25) is 11.8 Å². The lowest BCUT2D eigenvalue weighted by molar-refractivity contribution is -0.116. The third kappa shape index (κ3) is 4.68. The number of anilines is 3. The van der Waals surface area contributed by atoms with Gasteiger partial charge in [-0.2, -0.15) is 5.10 Å². The molecule has 3 aromatic rings. The normalized spacial score (nSPS) is 10.3. The van der Waals surface area contributed by atoms with E-state index in [0.717, 1.165) is 5.56 Å². The average Bonchev–Trinajstić information content (AvgIpc) is 2.65. The van der Waals surface area contributed by atoms with E-state index in [1.807, 2.05) is 30.3 Å². The number of rotatable bonds is 5. The summed E-state index contributed by atoms with van der Waals surface area (Å²) in [5, 5.41) is 11.2. The minimum Gasteiger partial charge on any atom is -0.324 e. The molecule has 0 spiro atoms.